The van der Waals surface area contributed by atoms with E-state index in [2.05, 4.69) is 49.9 Å². The summed E-state index contributed by atoms with van der Waals surface area (Å²) in [6.07, 6.45) is 4.38. The summed E-state index contributed by atoms with van der Waals surface area (Å²) in [6, 6.07) is 9.18. The fraction of sp³-hybridized carbons (Fsp3) is 0.647. The van der Waals surface area contributed by atoms with Gasteiger partial charge >= 0.3 is 0 Å². The minimum Gasteiger partial charge on any atom is -0.371 e. The summed E-state index contributed by atoms with van der Waals surface area (Å²) < 4.78 is 0. The molecule has 0 spiro atoms. The molecule has 18 heavy (non-hydrogen) atoms. The molecule has 1 aliphatic heterocycles. The molecule has 0 radical (unpaired) electrons. The van der Waals surface area contributed by atoms with Crippen LogP contribution in [0.4, 0.5) is 5.69 Å². The smallest absolute Gasteiger partial charge is 0.0369 e. The number of benzene rings is 1. The Morgan fingerprint density at radius 1 is 1.06 bits per heavy atom. The van der Waals surface area contributed by atoms with Crippen LogP contribution in [-0.2, 0) is 5.41 Å². The standard InChI is InChI=1S/C17H25N/c1-17(2,3)15-8-5-9-16(10-15)18-11-13-6-4-7-14(13)12-18/h5,8-10,13-14H,4,6-7,11-12H2,1-3H3. The minimum absolute atomic E-state index is 0.256. The Morgan fingerprint density at radius 2 is 1.72 bits per heavy atom. The molecule has 3 rings (SSSR count). The molecule has 1 aromatic carbocycles. The second-order valence-electron chi connectivity index (χ2n) is 7.16. The number of fused-ring (bicyclic) bond motifs is 1. The maximum Gasteiger partial charge on any atom is 0.0369 e. The predicted octanol–water partition coefficient (Wildman–Crippen LogP) is 4.22. The highest BCUT2D eigenvalue weighted by molar-refractivity contribution is 5.51. The van der Waals surface area contributed by atoms with Crippen molar-refractivity contribution in [1.29, 1.82) is 0 Å². The van der Waals surface area contributed by atoms with Gasteiger partial charge in [-0.25, -0.2) is 0 Å². The van der Waals surface area contributed by atoms with Crippen molar-refractivity contribution in [3.63, 3.8) is 0 Å². The molecular weight excluding hydrogens is 218 g/mol. The van der Waals surface area contributed by atoms with Crippen LogP contribution in [0.2, 0.25) is 0 Å². The van der Waals surface area contributed by atoms with Crippen molar-refractivity contribution in [3.05, 3.63) is 29.8 Å². The van der Waals surface area contributed by atoms with Crippen molar-refractivity contribution in [3.8, 4) is 0 Å². The van der Waals surface area contributed by atoms with Crippen LogP contribution in [0.25, 0.3) is 0 Å². The highest BCUT2D eigenvalue weighted by atomic mass is 15.2. The first-order valence-corrected chi connectivity index (χ1v) is 7.39. The van der Waals surface area contributed by atoms with Crippen LogP contribution < -0.4 is 4.90 Å². The van der Waals surface area contributed by atoms with Gasteiger partial charge in [-0.15, -0.1) is 0 Å². The zero-order valence-corrected chi connectivity index (χ0v) is 11.9. The zero-order chi connectivity index (χ0) is 12.8. The number of nitrogens with zero attached hydrogens (tertiary/aromatic N) is 1. The molecule has 1 nitrogen and oxygen atoms in total. The molecule has 2 unspecified atom stereocenters. The summed E-state index contributed by atoms with van der Waals surface area (Å²) in [4.78, 5) is 2.61. The molecule has 1 saturated heterocycles. The fourth-order valence-electron chi connectivity index (χ4n) is 3.61. The third-order valence-electron chi connectivity index (χ3n) is 4.80. The molecule has 2 fully saturated rings. The summed E-state index contributed by atoms with van der Waals surface area (Å²) in [5.74, 6) is 1.95. The number of hydrogen-bond acceptors (Lipinski definition) is 1. The van der Waals surface area contributed by atoms with Gasteiger partial charge in [-0.05, 0) is 47.8 Å². The van der Waals surface area contributed by atoms with Crippen molar-refractivity contribution in [2.45, 2.75) is 45.4 Å². The average Bonchev–Trinajstić information content (AvgIpc) is 2.88. The van der Waals surface area contributed by atoms with Gasteiger partial charge in [0.25, 0.3) is 0 Å². The maximum atomic E-state index is 2.61. The Balaban J connectivity index is 1.81. The maximum absolute atomic E-state index is 2.61. The van der Waals surface area contributed by atoms with Gasteiger partial charge in [0.1, 0.15) is 0 Å². The second-order valence-corrected chi connectivity index (χ2v) is 7.16. The van der Waals surface area contributed by atoms with Crippen LogP contribution in [0, 0.1) is 11.8 Å². The van der Waals surface area contributed by atoms with Gasteiger partial charge in [0.2, 0.25) is 0 Å². The van der Waals surface area contributed by atoms with Crippen LogP contribution in [0.5, 0.6) is 0 Å². The van der Waals surface area contributed by atoms with Crippen molar-refractivity contribution < 1.29 is 0 Å². The van der Waals surface area contributed by atoms with Crippen molar-refractivity contribution >= 4 is 5.69 Å². The molecule has 0 aromatic heterocycles. The summed E-state index contributed by atoms with van der Waals surface area (Å²) in [6.45, 7) is 9.47. The zero-order valence-electron chi connectivity index (χ0n) is 11.9. The molecule has 0 N–H and O–H groups in total. The Kier molecular flexibility index (Phi) is 2.88. The minimum atomic E-state index is 0.256. The molecule has 1 saturated carbocycles. The van der Waals surface area contributed by atoms with Crippen LogP contribution in [0.3, 0.4) is 0 Å². The summed E-state index contributed by atoms with van der Waals surface area (Å²) in [5.41, 5.74) is 3.15. The van der Waals surface area contributed by atoms with Gasteiger partial charge in [-0.2, -0.15) is 0 Å². The summed E-state index contributed by atoms with van der Waals surface area (Å²) >= 11 is 0. The molecule has 98 valence electrons. The van der Waals surface area contributed by atoms with E-state index in [1.165, 1.54) is 43.6 Å². The quantitative estimate of drug-likeness (QED) is 0.714. The molecule has 1 heteroatoms. The lowest BCUT2D eigenvalue weighted by atomic mass is 9.87. The largest absolute Gasteiger partial charge is 0.371 e. The summed E-state index contributed by atoms with van der Waals surface area (Å²) in [5, 5.41) is 0. The van der Waals surface area contributed by atoms with Gasteiger partial charge in [0.05, 0.1) is 0 Å². The van der Waals surface area contributed by atoms with Crippen LogP contribution in [-0.4, -0.2) is 13.1 Å². The SMILES string of the molecule is CC(C)(C)c1cccc(N2CC3CCCC3C2)c1. The first kappa shape index (κ1) is 12.1. The lowest BCUT2D eigenvalue weighted by molar-refractivity contribution is 0.494. The van der Waals surface area contributed by atoms with Gasteiger partial charge in [-0.1, -0.05) is 39.3 Å². The Morgan fingerprint density at radius 3 is 2.33 bits per heavy atom. The van der Waals surface area contributed by atoms with E-state index in [-0.39, 0.29) is 5.41 Å². The van der Waals surface area contributed by atoms with Gasteiger partial charge in [0.15, 0.2) is 0 Å². The van der Waals surface area contributed by atoms with Crippen LogP contribution in [0.15, 0.2) is 24.3 Å². The first-order chi connectivity index (χ1) is 8.54. The monoisotopic (exact) mass is 243 g/mol. The fourth-order valence-corrected chi connectivity index (χ4v) is 3.61. The van der Waals surface area contributed by atoms with Gasteiger partial charge < -0.3 is 4.90 Å². The third-order valence-corrected chi connectivity index (χ3v) is 4.80. The van der Waals surface area contributed by atoms with E-state index in [1.54, 1.807) is 0 Å². The normalized spacial score (nSPS) is 27.6. The van der Waals surface area contributed by atoms with E-state index in [0.717, 1.165) is 11.8 Å². The lowest BCUT2D eigenvalue weighted by Gasteiger charge is -2.24. The molecule has 1 aromatic rings. The first-order valence-electron chi connectivity index (χ1n) is 7.39. The van der Waals surface area contributed by atoms with E-state index in [1.807, 2.05) is 0 Å². The second kappa shape index (κ2) is 4.29. The highest BCUT2D eigenvalue weighted by Crippen LogP contribution is 2.40. The molecule has 0 amide bonds. The van der Waals surface area contributed by atoms with Gasteiger partial charge in [-0.3, -0.25) is 0 Å². The molecule has 0 bridgehead atoms. The van der Waals surface area contributed by atoms with E-state index in [4.69, 9.17) is 0 Å². The Hall–Kier alpha value is -0.980. The molecule has 2 aliphatic rings. The average molecular weight is 243 g/mol. The topological polar surface area (TPSA) is 3.24 Å². The van der Waals surface area contributed by atoms with E-state index in [9.17, 15) is 0 Å². The molecule has 1 aliphatic carbocycles. The van der Waals surface area contributed by atoms with Crippen molar-refractivity contribution in [2.75, 3.05) is 18.0 Å². The highest BCUT2D eigenvalue weighted by Gasteiger charge is 2.36. The van der Waals surface area contributed by atoms with Crippen molar-refractivity contribution in [1.82, 2.24) is 0 Å². The van der Waals surface area contributed by atoms with Crippen molar-refractivity contribution in [2.24, 2.45) is 11.8 Å². The number of anilines is 1. The molecule has 2 atom stereocenters. The summed E-state index contributed by atoms with van der Waals surface area (Å²) in [7, 11) is 0. The van der Waals surface area contributed by atoms with Gasteiger partial charge in [0, 0.05) is 18.8 Å². The number of hydrogen-bond donors (Lipinski definition) is 0. The Labute approximate surface area is 111 Å². The predicted molar refractivity (Wildman–Crippen MR) is 78.2 cm³/mol. The van der Waals surface area contributed by atoms with E-state index < -0.39 is 0 Å². The lowest BCUT2D eigenvalue weighted by Crippen LogP contribution is -2.21. The molecule has 1 heterocycles. The third kappa shape index (κ3) is 2.15. The van der Waals surface area contributed by atoms with Crippen LogP contribution in [0.1, 0.15) is 45.6 Å². The van der Waals surface area contributed by atoms with E-state index >= 15 is 0 Å². The molecular formula is C17H25N. The number of rotatable bonds is 1. The Bertz CT molecular complexity index is 417. The van der Waals surface area contributed by atoms with E-state index in [0.29, 0.717) is 0 Å². The van der Waals surface area contributed by atoms with Crippen LogP contribution >= 0.6 is 0 Å².